The lowest BCUT2D eigenvalue weighted by atomic mass is 9.97. The van der Waals surface area contributed by atoms with Gasteiger partial charge in [0, 0.05) is 16.3 Å². The lowest BCUT2D eigenvalue weighted by molar-refractivity contribution is 0.0654. The third-order valence-corrected chi connectivity index (χ3v) is 5.87. The summed E-state index contributed by atoms with van der Waals surface area (Å²) in [4.78, 5) is 17.6. The predicted molar refractivity (Wildman–Crippen MR) is 90.3 cm³/mol. The van der Waals surface area contributed by atoms with Crippen molar-refractivity contribution in [2.24, 2.45) is 0 Å². The van der Waals surface area contributed by atoms with Crippen LogP contribution in [0.5, 0.6) is 0 Å². The highest BCUT2D eigenvalue weighted by atomic mass is 32.2. The Morgan fingerprint density at radius 1 is 1.38 bits per heavy atom. The number of thiophene rings is 1. The molecule has 2 aromatic rings. The second-order valence-corrected chi connectivity index (χ2v) is 7.02. The van der Waals surface area contributed by atoms with E-state index in [2.05, 4.69) is 23.3 Å². The lowest BCUT2D eigenvalue weighted by Gasteiger charge is -2.35. The maximum Gasteiger partial charge on any atom is 0.255 e. The van der Waals surface area contributed by atoms with E-state index in [-0.39, 0.29) is 11.9 Å². The number of fused-ring (bicyclic) bond motifs is 1. The van der Waals surface area contributed by atoms with Crippen LogP contribution >= 0.6 is 23.1 Å². The van der Waals surface area contributed by atoms with Crippen LogP contribution in [0.25, 0.3) is 0 Å². The van der Waals surface area contributed by atoms with Crippen molar-refractivity contribution < 1.29 is 4.79 Å². The van der Waals surface area contributed by atoms with E-state index in [1.165, 1.54) is 10.4 Å². The van der Waals surface area contributed by atoms with Gasteiger partial charge in [0.2, 0.25) is 0 Å². The Morgan fingerprint density at radius 3 is 2.95 bits per heavy atom. The van der Waals surface area contributed by atoms with Gasteiger partial charge in [0.1, 0.15) is 0 Å². The quantitative estimate of drug-likeness (QED) is 0.770. The molecule has 110 valence electrons. The van der Waals surface area contributed by atoms with Crippen molar-refractivity contribution in [3.8, 4) is 0 Å². The minimum atomic E-state index is 0.170. The molecule has 3 rings (SSSR count). The van der Waals surface area contributed by atoms with Crippen LogP contribution in [0.1, 0.15) is 40.2 Å². The molecule has 1 atom stereocenters. The molecule has 0 saturated heterocycles. The molecule has 1 aliphatic rings. The molecule has 1 unspecified atom stereocenters. The predicted octanol–water partition coefficient (Wildman–Crippen LogP) is 4.62. The Hall–Kier alpha value is -1.26. The highest BCUT2D eigenvalue weighted by molar-refractivity contribution is 7.98. The summed E-state index contributed by atoms with van der Waals surface area (Å²) in [7, 11) is 0. The molecule has 21 heavy (non-hydrogen) atoms. The van der Waals surface area contributed by atoms with Gasteiger partial charge in [-0.2, -0.15) is 0 Å². The lowest BCUT2D eigenvalue weighted by Crippen LogP contribution is -2.39. The van der Waals surface area contributed by atoms with Gasteiger partial charge in [-0.25, -0.2) is 0 Å². The number of carbonyl (C=O) groups is 1. The second-order valence-electron chi connectivity index (χ2n) is 5.17. The molecule has 1 aliphatic heterocycles. The van der Waals surface area contributed by atoms with E-state index < -0.39 is 0 Å². The second kappa shape index (κ2) is 6.24. The highest BCUT2D eigenvalue weighted by Crippen LogP contribution is 2.36. The van der Waals surface area contributed by atoms with Crippen molar-refractivity contribution in [2.75, 3.05) is 12.8 Å². The third kappa shape index (κ3) is 2.62. The van der Waals surface area contributed by atoms with Gasteiger partial charge in [-0.1, -0.05) is 19.1 Å². The Morgan fingerprint density at radius 2 is 2.19 bits per heavy atom. The average Bonchev–Trinajstić information content (AvgIpc) is 3.01. The van der Waals surface area contributed by atoms with Gasteiger partial charge < -0.3 is 4.90 Å². The summed E-state index contributed by atoms with van der Waals surface area (Å²) in [6.07, 6.45) is 3.98. The molecule has 2 nitrogen and oxygen atoms in total. The maximum atomic E-state index is 13.0. The van der Waals surface area contributed by atoms with Gasteiger partial charge >= 0.3 is 0 Å². The summed E-state index contributed by atoms with van der Waals surface area (Å²) in [6.45, 7) is 2.99. The molecular formula is C17H19NOS2. The van der Waals surface area contributed by atoms with E-state index >= 15 is 0 Å². The zero-order valence-electron chi connectivity index (χ0n) is 12.3. The molecular weight excluding hydrogens is 298 g/mol. The fourth-order valence-electron chi connectivity index (χ4n) is 3.06. The number of carbonyl (C=O) groups excluding carboxylic acids is 1. The van der Waals surface area contributed by atoms with Crippen LogP contribution in [0.15, 0.2) is 40.6 Å². The Balaban J connectivity index is 1.95. The molecule has 0 N–H and O–H groups in total. The third-order valence-electron chi connectivity index (χ3n) is 4.08. The van der Waals surface area contributed by atoms with Crippen LogP contribution in [0, 0.1) is 0 Å². The fourth-order valence-corrected chi connectivity index (χ4v) is 4.57. The van der Waals surface area contributed by atoms with Gasteiger partial charge in [-0.05, 0) is 48.2 Å². The molecule has 0 aliphatic carbocycles. The minimum absolute atomic E-state index is 0.170. The van der Waals surface area contributed by atoms with E-state index in [0.717, 1.165) is 29.8 Å². The number of amides is 1. The number of thioether (sulfide) groups is 1. The molecule has 4 heteroatoms. The molecule has 1 aromatic heterocycles. The molecule has 0 radical (unpaired) electrons. The van der Waals surface area contributed by atoms with E-state index in [4.69, 9.17) is 0 Å². The number of benzene rings is 1. The van der Waals surface area contributed by atoms with Crippen LogP contribution in [-0.2, 0) is 6.42 Å². The Labute approximate surface area is 134 Å². The Kier molecular flexibility index (Phi) is 4.36. The molecule has 2 heterocycles. The first-order valence-corrected chi connectivity index (χ1v) is 9.37. The van der Waals surface area contributed by atoms with Gasteiger partial charge in [0.05, 0.1) is 11.6 Å². The van der Waals surface area contributed by atoms with Crippen molar-refractivity contribution in [3.63, 3.8) is 0 Å². The van der Waals surface area contributed by atoms with Crippen molar-refractivity contribution in [3.05, 3.63) is 51.7 Å². The normalized spacial score (nSPS) is 17.6. The van der Waals surface area contributed by atoms with Gasteiger partial charge in [0.15, 0.2) is 0 Å². The number of rotatable bonds is 3. The summed E-state index contributed by atoms with van der Waals surface area (Å²) < 4.78 is 0. The Bertz CT molecular complexity index is 650. The van der Waals surface area contributed by atoms with Gasteiger partial charge in [-0.3, -0.25) is 4.79 Å². The smallest absolute Gasteiger partial charge is 0.255 e. The van der Waals surface area contributed by atoms with E-state index in [1.54, 1.807) is 11.8 Å². The first-order chi connectivity index (χ1) is 10.3. The number of hydrogen-bond donors (Lipinski definition) is 0. The van der Waals surface area contributed by atoms with Gasteiger partial charge in [0.25, 0.3) is 5.91 Å². The monoisotopic (exact) mass is 317 g/mol. The summed E-state index contributed by atoms with van der Waals surface area (Å²) >= 11 is 3.46. The van der Waals surface area contributed by atoms with E-state index in [0.29, 0.717) is 0 Å². The summed E-state index contributed by atoms with van der Waals surface area (Å²) in [5, 5.41) is 2.15. The number of hydrogen-bond acceptors (Lipinski definition) is 3. The zero-order chi connectivity index (χ0) is 14.8. The topological polar surface area (TPSA) is 20.3 Å². The number of nitrogens with zero attached hydrogens (tertiary/aromatic N) is 1. The van der Waals surface area contributed by atoms with Crippen LogP contribution in [0.4, 0.5) is 0 Å². The molecule has 0 saturated carbocycles. The largest absolute Gasteiger partial charge is 0.331 e. The van der Waals surface area contributed by atoms with Crippen molar-refractivity contribution in [2.45, 2.75) is 30.7 Å². The standard InChI is InChI=1S/C17H19NOS2/c1-3-14-12-9-11-21-16(12)8-10-18(14)17(19)13-6-4-5-7-15(13)20-2/h4-7,9,11,14H,3,8,10H2,1-2H3. The average molecular weight is 317 g/mol. The van der Waals surface area contributed by atoms with Crippen molar-refractivity contribution in [1.82, 2.24) is 4.90 Å². The fraction of sp³-hybridized carbons (Fsp3) is 0.353. The highest BCUT2D eigenvalue weighted by Gasteiger charge is 2.31. The molecule has 0 bridgehead atoms. The molecule has 0 spiro atoms. The SMILES string of the molecule is CCC1c2ccsc2CCN1C(=O)c1ccccc1SC. The van der Waals surface area contributed by atoms with E-state index in [9.17, 15) is 4.79 Å². The summed E-state index contributed by atoms with van der Waals surface area (Å²) in [6, 6.07) is 10.3. The van der Waals surface area contributed by atoms with Crippen LogP contribution in [-0.4, -0.2) is 23.6 Å². The molecule has 0 fully saturated rings. The zero-order valence-corrected chi connectivity index (χ0v) is 14.0. The van der Waals surface area contributed by atoms with Gasteiger partial charge in [-0.15, -0.1) is 23.1 Å². The van der Waals surface area contributed by atoms with Crippen molar-refractivity contribution >= 4 is 29.0 Å². The van der Waals surface area contributed by atoms with Crippen LogP contribution in [0.2, 0.25) is 0 Å². The van der Waals surface area contributed by atoms with Crippen LogP contribution < -0.4 is 0 Å². The first-order valence-electron chi connectivity index (χ1n) is 7.26. The van der Waals surface area contributed by atoms with Crippen LogP contribution in [0.3, 0.4) is 0 Å². The minimum Gasteiger partial charge on any atom is -0.331 e. The molecule has 1 amide bonds. The van der Waals surface area contributed by atoms with Crippen molar-refractivity contribution in [1.29, 1.82) is 0 Å². The first kappa shape index (κ1) is 14.7. The summed E-state index contributed by atoms with van der Waals surface area (Å²) in [5.41, 5.74) is 2.19. The van der Waals surface area contributed by atoms with E-state index in [1.807, 2.05) is 41.9 Å². The molecule has 1 aromatic carbocycles. The summed E-state index contributed by atoms with van der Waals surface area (Å²) in [5.74, 6) is 0.170. The maximum absolute atomic E-state index is 13.0.